The van der Waals surface area contributed by atoms with Gasteiger partial charge in [0.15, 0.2) is 5.84 Å². The van der Waals surface area contributed by atoms with Gasteiger partial charge in [0.2, 0.25) is 5.88 Å². The van der Waals surface area contributed by atoms with E-state index < -0.39 is 0 Å². The Balaban J connectivity index is 1.96. The Labute approximate surface area is 112 Å². The van der Waals surface area contributed by atoms with Crippen molar-refractivity contribution >= 4 is 5.84 Å². The van der Waals surface area contributed by atoms with Crippen LogP contribution in [0.1, 0.15) is 31.2 Å². The van der Waals surface area contributed by atoms with Gasteiger partial charge in [0.05, 0.1) is 6.10 Å². The predicted molar refractivity (Wildman–Crippen MR) is 70.4 cm³/mol. The van der Waals surface area contributed by atoms with Crippen LogP contribution in [-0.4, -0.2) is 35.3 Å². The molecule has 1 saturated carbocycles. The van der Waals surface area contributed by atoms with Crippen LogP contribution in [0.2, 0.25) is 0 Å². The fourth-order valence-corrected chi connectivity index (χ4v) is 2.25. The molecule has 1 aliphatic rings. The summed E-state index contributed by atoms with van der Waals surface area (Å²) in [4.78, 5) is 4.16. The number of amidine groups is 1. The number of pyridine rings is 1. The van der Waals surface area contributed by atoms with Crippen LogP contribution >= 0.6 is 0 Å². The first-order valence-corrected chi connectivity index (χ1v) is 6.36. The van der Waals surface area contributed by atoms with Crippen molar-refractivity contribution < 1.29 is 14.7 Å². The third-order valence-electron chi connectivity index (χ3n) is 3.34. The molecule has 0 bridgehead atoms. The number of ether oxygens (including phenoxy) is 2. The molecule has 3 N–H and O–H groups in total. The van der Waals surface area contributed by atoms with Gasteiger partial charge in [0.1, 0.15) is 6.10 Å². The molecular weight excluding hydrogens is 246 g/mol. The van der Waals surface area contributed by atoms with Gasteiger partial charge in [-0.1, -0.05) is 5.16 Å². The molecule has 2 rings (SSSR count). The number of hydrogen-bond donors (Lipinski definition) is 2. The average molecular weight is 265 g/mol. The second-order valence-corrected chi connectivity index (χ2v) is 4.63. The van der Waals surface area contributed by atoms with Crippen LogP contribution in [-0.2, 0) is 4.74 Å². The maximum absolute atomic E-state index is 8.56. The van der Waals surface area contributed by atoms with E-state index in [4.69, 9.17) is 20.4 Å². The number of nitrogens with two attached hydrogens (primary N) is 1. The van der Waals surface area contributed by atoms with Crippen LogP contribution < -0.4 is 10.5 Å². The van der Waals surface area contributed by atoms with E-state index in [2.05, 4.69) is 10.1 Å². The maximum atomic E-state index is 8.56. The molecule has 6 nitrogen and oxygen atoms in total. The highest BCUT2D eigenvalue weighted by Gasteiger charge is 2.23. The van der Waals surface area contributed by atoms with E-state index in [1.165, 1.54) is 6.20 Å². The summed E-state index contributed by atoms with van der Waals surface area (Å²) in [6.45, 7) is 0. The second-order valence-electron chi connectivity index (χ2n) is 4.63. The molecule has 1 heterocycles. The predicted octanol–water partition coefficient (Wildman–Crippen LogP) is 1.51. The van der Waals surface area contributed by atoms with Crippen molar-refractivity contribution in [3.8, 4) is 5.88 Å². The van der Waals surface area contributed by atoms with E-state index in [9.17, 15) is 0 Å². The van der Waals surface area contributed by atoms with Crippen molar-refractivity contribution in [3.63, 3.8) is 0 Å². The molecular formula is C13H19N3O3. The summed E-state index contributed by atoms with van der Waals surface area (Å²) in [5.74, 6) is 0.590. The first-order valence-electron chi connectivity index (χ1n) is 6.36. The van der Waals surface area contributed by atoms with E-state index in [0.29, 0.717) is 11.4 Å². The number of oxime groups is 1. The van der Waals surface area contributed by atoms with Crippen molar-refractivity contribution in [1.29, 1.82) is 0 Å². The molecule has 2 atom stereocenters. The lowest BCUT2D eigenvalue weighted by atomic mass is 9.95. The minimum absolute atomic E-state index is 0.0381. The molecule has 0 aromatic carbocycles. The standard InChI is InChI=1S/C13H19N3O3/c1-18-10-3-2-4-11(7-10)19-12-6-5-9(8-15-12)13(14)16-17/h5-6,8,10-11,17H,2-4,7H2,1H3,(H2,14,16). The summed E-state index contributed by atoms with van der Waals surface area (Å²) in [5, 5.41) is 11.5. The highest BCUT2D eigenvalue weighted by Crippen LogP contribution is 2.24. The first kappa shape index (κ1) is 13.6. The summed E-state index contributed by atoms with van der Waals surface area (Å²) in [6.07, 6.45) is 6.04. The first-order chi connectivity index (χ1) is 9.22. The molecule has 19 heavy (non-hydrogen) atoms. The summed E-state index contributed by atoms with van der Waals surface area (Å²) in [7, 11) is 1.73. The van der Waals surface area contributed by atoms with Gasteiger partial charge in [-0.15, -0.1) is 0 Å². The lowest BCUT2D eigenvalue weighted by molar-refractivity contribution is 0.0195. The van der Waals surface area contributed by atoms with Crippen LogP contribution in [0.15, 0.2) is 23.5 Å². The van der Waals surface area contributed by atoms with Gasteiger partial charge in [0, 0.05) is 31.4 Å². The maximum Gasteiger partial charge on any atom is 0.213 e. The number of methoxy groups -OCH3 is 1. The van der Waals surface area contributed by atoms with Crippen LogP contribution in [0.25, 0.3) is 0 Å². The molecule has 6 heteroatoms. The molecule has 0 aliphatic heterocycles. The summed E-state index contributed by atoms with van der Waals surface area (Å²) in [6, 6.07) is 3.44. The summed E-state index contributed by atoms with van der Waals surface area (Å²) in [5.41, 5.74) is 6.03. The number of nitrogens with zero attached hydrogens (tertiary/aromatic N) is 2. The molecule has 0 amide bonds. The smallest absolute Gasteiger partial charge is 0.213 e. The van der Waals surface area contributed by atoms with Crippen molar-refractivity contribution in [2.75, 3.05) is 7.11 Å². The zero-order valence-electron chi connectivity index (χ0n) is 11.0. The number of rotatable bonds is 4. The van der Waals surface area contributed by atoms with Crippen LogP contribution in [0.5, 0.6) is 5.88 Å². The van der Waals surface area contributed by atoms with Crippen molar-refractivity contribution in [2.24, 2.45) is 10.9 Å². The lowest BCUT2D eigenvalue weighted by Crippen LogP contribution is -2.29. The third-order valence-corrected chi connectivity index (χ3v) is 3.34. The SMILES string of the molecule is COC1CCCC(Oc2ccc(C(N)=NO)cn2)C1. The molecule has 0 radical (unpaired) electrons. The monoisotopic (exact) mass is 265 g/mol. The third kappa shape index (κ3) is 3.57. The van der Waals surface area contributed by atoms with Gasteiger partial charge < -0.3 is 20.4 Å². The fraction of sp³-hybridized carbons (Fsp3) is 0.538. The molecule has 1 aliphatic carbocycles. The van der Waals surface area contributed by atoms with Gasteiger partial charge in [-0.2, -0.15) is 0 Å². The van der Waals surface area contributed by atoms with Crippen LogP contribution in [0.3, 0.4) is 0 Å². The van der Waals surface area contributed by atoms with Crippen molar-refractivity contribution in [2.45, 2.75) is 37.9 Å². The van der Waals surface area contributed by atoms with Crippen LogP contribution in [0, 0.1) is 0 Å². The molecule has 0 saturated heterocycles. The normalized spacial score (nSPS) is 24.2. The van der Waals surface area contributed by atoms with Gasteiger partial charge in [0.25, 0.3) is 0 Å². The van der Waals surface area contributed by atoms with Crippen molar-refractivity contribution in [3.05, 3.63) is 23.9 Å². The average Bonchev–Trinajstić information content (AvgIpc) is 2.47. The molecule has 1 fully saturated rings. The minimum Gasteiger partial charge on any atom is -0.474 e. The topological polar surface area (TPSA) is 90.0 Å². The molecule has 2 unspecified atom stereocenters. The molecule has 0 spiro atoms. The van der Waals surface area contributed by atoms with Gasteiger partial charge in [-0.3, -0.25) is 0 Å². The Hall–Kier alpha value is -1.82. The Bertz CT molecular complexity index is 433. The van der Waals surface area contributed by atoms with E-state index in [-0.39, 0.29) is 18.0 Å². The Kier molecular flexibility index (Phi) is 4.57. The minimum atomic E-state index is 0.0381. The van der Waals surface area contributed by atoms with Gasteiger partial charge in [-0.25, -0.2) is 4.98 Å². The largest absolute Gasteiger partial charge is 0.474 e. The molecule has 104 valence electrons. The Morgan fingerprint density at radius 3 is 2.84 bits per heavy atom. The van der Waals surface area contributed by atoms with Crippen molar-refractivity contribution in [1.82, 2.24) is 4.98 Å². The summed E-state index contributed by atoms with van der Waals surface area (Å²) < 4.78 is 11.2. The summed E-state index contributed by atoms with van der Waals surface area (Å²) >= 11 is 0. The van der Waals surface area contributed by atoms with E-state index in [1.807, 2.05) is 0 Å². The van der Waals surface area contributed by atoms with E-state index in [0.717, 1.165) is 25.7 Å². The fourth-order valence-electron chi connectivity index (χ4n) is 2.25. The Morgan fingerprint density at radius 2 is 2.21 bits per heavy atom. The van der Waals surface area contributed by atoms with E-state index >= 15 is 0 Å². The highest BCUT2D eigenvalue weighted by molar-refractivity contribution is 5.96. The highest BCUT2D eigenvalue weighted by atomic mass is 16.5. The van der Waals surface area contributed by atoms with Crippen LogP contribution in [0.4, 0.5) is 0 Å². The molecule has 1 aromatic rings. The Morgan fingerprint density at radius 1 is 1.42 bits per heavy atom. The second kappa shape index (κ2) is 6.38. The van der Waals surface area contributed by atoms with Gasteiger partial charge >= 0.3 is 0 Å². The number of aromatic nitrogens is 1. The number of hydrogen-bond acceptors (Lipinski definition) is 5. The molecule has 1 aromatic heterocycles. The zero-order valence-corrected chi connectivity index (χ0v) is 11.0. The van der Waals surface area contributed by atoms with Gasteiger partial charge in [-0.05, 0) is 25.3 Å². The van der Waals surface area contributed by atoms with E-state index in [1.54, 1.807) is 19.2 Å². The zero-order chi connectivity index (χ0) is 13.7. The lowest BCUT2D eigenvalue weighted by Gasteiger charge is -2.28. The quantitative estimate of drug-likeness (QED) is 0.373.